The molecule has 0 spiro atoms. The number of carbonyl (C=O) groups excluding carboxylic acids is 2. The average Bonchev–Trinajstić information content (AvgIpc) is 2.79. The van der Waals surface area contributed by atoms with Gasteiger partial charge in [-0.3, -0.25) is 4.79 Å². The van der Waals surface area contributed by atoms with E-state index in [0.29, 0.717) is 17.7 Å². The van der Waals surface area contributed by atoms with Crippen molar-refractivity contribution in [1.29, 1.82) is 0 Å². The number of hydrogen-bond acceptors (Lipinski definition) is 3. The summed E-state index contributed by atoms with van der Waals surface area (Å²) in [6, 6.07) is 1.02. The van der Waals surface area contributed by atoms with E-state index >= 15 is 0 Å². The van der Waals surface area contributed by atoms with E-state index in [1.54, 1.807) is 19.3 Å². The van der Waals surface area contributed by atoms with Crippen LogP contribution >= 0.6 is 0 Å². The van der Waals surface area contributed by atoms with Gasteiger partial charge in [0.2, 0.25) is 0 Å². The molecular weight excluding hydrogens is 244 g/mol. The van der Waals surface area contributed by atoms with Gasteiger partial charge in [0.05, 0.1) is 18.6 Å². The molecule has 1 unspecified atom stereocenters. The topological polar surface area (TPSA) is 71.3 Å². The summed E-state index contributed by atoms with van der Waals surface area (Å²) in [6.45, 7) is 5.74. The van der Waals surface area contributed by atoms with E-state index in [-0.39, 0.29) is 17.7 Å². The van der Waals surface area contributed by atoms with Crippen LogP contribution in [0.3, 0.4) is 0 Å². The van der Waals surface area contributed by atoms with Gasteiger partial charge in [-0.05, 0) is 18.9 Å². The lowest BCUT2D eigenvalue weighted by atomic mass is 9.90. The Morgan fingerprint density at radius 3 is 2.79 bits per heavy atom. The first-order chi connectivity index (χ1) is 8.99. The lowest BCUT2D eigenvalue weighted by molar-refractivity contribution is -0.116. The van der Waals surface area contributed by atoms with Crippen LogP contribution < -0.4 is 10.6 Å². The Bertz CT molecular complexity index is 515. The van der Waals surface area contributed by atoms with Crippen LogP contribution in [0.4, 0.5) is 4.79 Å². The third kappa shape index (κ3) is 2.86. The fourth-order valence-corrected chi connectivity index (χ4v) is 2.23. The highest BCUT2D eigenvalue weighted by Crippen LogP contribution is 2.29. The van der Waals surface area contributed by atoms with Crippen molar-refractivity contribution in [3.8, 4) is 0 Å². The molecule has 0 saturated heterocycles. The second kappa shape index (κ2) is 5.30. The number of nitrogens with one attached hydrogen (secondary N) is 2. The zero-order valence-electron chi connectivity index (χ0n) is 11.3. The molecule has 1 aromatic rings. The number of rotatable bonds is 4. The first-order valence-electron chi connectivity index (χ1n) is 6.32. The van der Waals surface area contributed by atoms with Crippen LogP contribution in [0.25, 0.3) is 0 Å². The molecule has 0 saturated carbocycles. The zero-order chi connectivity index (χ0) is 14.0. The summed E-state index contributed by atoms with van der Waals surface area (Å²) in [5, 5.41) is 5.42. The Morgan fingerprint density at radius 1 is 1.47 bits per heavy atom. The number of allylic oxidation sites excluding steroid dienone is 1. The number of urea groups is 1. The third-order valence-corrected chi connectivity index (χ3v) is 3.04. The highest BCUT2D eigenvalue weighted by Gasteiger charge is 2.31. The molecule has 19 heavy (non-hydrogen) atoms. The van der Waals surface area contributed by atoms with Gasteiger partial charge in [0.15, 0.2) is 5.78 Å². The fraction of sp³-hybridized carbons (Fsp3) is 0.429. The smallest absolute Gasteiger partial charge is 0.319 e. The molecule has 1 atom stereocenters. The van der Waals surface area contributed by atoms with Gasteiger partial charge in [-0.1, -0.05) is 13.8 Å². The Morgan fingerprint density at radius 2 is 2.21 bits per heavy atom. The number of amides is 2. The third-order valence-electron chi connectivity index (χ3n) is 3.04. The van der Waals surface area contributed by atoms with E-state index in [1.165, 1.54) is 6.26 Å². The van der Waals surface area contributed by atoms with Crippen molar-refractivity contribution < 1.29 is 14.0 Å². The zero-order valence-corrected chi connectivity index (χ0v) is 11.3. The molecule has 2 heterocycles. The second-order valence-corrected chi connectivity index (χ2v) is 5.15. The SMILES string of the molecule is CC1=C(C(=O)CC(C)C)C(c2ccoc2)NC(=O)N1. The molecule has 1 aromatic heterocycles. The lowest BCUT2D eigenvalue weighted by Crippen LogP contribution is -2.45. The van der Waals surface area contributed by atoms with E-state index in [4.69, 9.17) is 4.42 Å². The molecule has 1 aliphatic rings. The Balaban J connectivity index is 2.36. The van der Waals surface area contributed by atoms with E-state index in [2.05, 4.69) is 10.6 Å². The number of hydrogen-bond donors (Lipinski definition) is 2. The van der Waals surface area contributed by atoms with Crippen molar-refractivity contribution >= 4 is 11.8 Å². The van der Waals surface area contributed by atoms with Crippen LogP contribution in [0.5, 0.6) is 0 Å². The van der Waals surface area contributed by atoms with Crippen molar-refractivity contribution in [3.63, 3.8) is 0 Å². The summed E-state index contributed by atoms with van der Waals surface area (Å²) in [4.78, 5) is 23.9. The summed E-state index contributed by atoms with van der Waals surface area (Å²) in [6.07, 6.45) is 3.54. The number of ketones is 1. The van der Waals surface area contributed by atoms with Gasteiger partial charge in [-0.25, -0.2) is 4.79 Å². The minimum atomic E-state index is -0.432. The van der Waals surface area contributed by atoms with Crippen LogP contribution in [-0.4, -0.2) is 11.8 Å². The fourth-order valence-electron chi connectivity index (χ4n) is 2.23. The monoisotopic (exact) mass is 262 g/mol. The largest absolute Gasteiger partial charge is 0.472 e. The second-order valence-electron chi connectivity index (χ2n) is 5.15. The maximum atomic E-state index is 12.4. The Hall–Kier alpha value is -2.04. The van der Waals surface area contributed by atoms with Crippen molar-refractivity contribution in [1.82, 2.24) is 10.6 Å². The first kappa shape index (κ1) is 13.4. The van der Waals surface area contributed by atoms with E-state index in [1.807, 2.05) is 13.8 Å². The van der Waals surface area contributed by atoms with Crippen molar-refractivity contribution in [3.05, 3.63) is 35.4 Å². The molecule has 0 aromatic carbocycles. The van der Waals surface area contributed by atoms with E-state index in [9.17, 15) is 9.59 Å². The predicted molar refractivity (Wildman–Crippen MR) is 70.3 cm³/mol. The standard InChI is InChI=1S/C14H18N2O3/c1-8(2)6-11(17)12-9(3)15-14(18)16-13(12)10-4-5-19-7-10/h4-5,7-8,13H,6H2,1-3H3,(H2,15,16,18). The Labute approximate surface area is 112 Å². The maximum absolute atomic E-state index is 12.4. The molecule has 2 rings (SSSR count). The van der Waals surface area contributed by atoms with Crippen molar-refractivity contribution in [2.75, 3.05) is 0 Å². The van der Waals surface area contributed by atoms with E-state index < -0.39 is 6.04 Å². The summed E-state index contributed by atoms with van der Waals surface area (Å²) in [5.74, 6) is 0.321. The van der Waals surface area contributed by atoms with Gasteiger partial charge in [0, 0.05) is 23.3 Å². The lowest BCUT2D eigenvalue weighted by Gasteiger charge is -2.28. The highest BCUT2D eigenvalue weighted by molar-refractivity contribution is 6.00. The molecule has 0 bridgehead atoms. The van der Waals surface area contributed by atoms with Gasteiger partial charge < -0.3 is 15.1 Å². The molecule has 0 fully saturated rings. The van der Waals surface area contributed by atoms with Crippen LogP contribution in [0.15, 0.2) is 34.3 Å². The summed E-state index contributed by atoms with van der Waals surface area (Å²) in [5.41, 5.74) is 2.00. The molecule has 2 N–H and O–H groups in total. The molecule has 5 heteroatoms. The molecule has 0 radical (unpaired) electrons. The van der Waals surface area contributed by atoms with Gasteiger partial charge in [-0.2, -0.15) is 0 Å². The van der Waals surface area contributed by atoms with Gasteiger partial charge in [0.1, 0.15) is 0 Å². The number of carbonyl (C=O) groups is 2. The molecule has 5 nitrogen and oxygen atoms in total. The minimum Gasteiger partial charge on any atom is -0.472 e. The molecular formula is C14H18N2O3. The van der Waals surface area contributed by atoms with Crippen LogP contribution in [-0.2, 0) is 4.79 Å². The summed E-state index contributed by atoms with van der Waals surface area (Å²) in [7, 11) is 0. The minimum absolute atomic E-state index is 0.0474. The molecule has 1 aliphatic heterocycles. The summed E-state index contributed by atoms with van der Waals surface area (Å²) >= 11 is 0. The van der Waals surface area contributed by atoms with Crippen molar-refractivity contribution in [2.24, 2.45) is 5.92 Å². The quantitative estimate of drug-likeness (QED) is 0.875. The highest BCUT2D eigenvalue weighted by atomic mass is 16.3. The number of Topliss-reactive ketones (excluding diaryl/α,β-unsaturated/α-hetero) is 1. The van der Waals surface area contributed by atoms with Crippen molar-refractivity contribution in [2.45, 2.75) is 33.2 Å². The average molecular weight is 262 g/mol. The molecule has 102 valence electrons. The Kier molecular flexibility index (Phi) is 3.74. The molecule has 2 amide bonds. The number of furan rings is 1. The molecule has 0 aliphatic carbocycles. The normalized spacial score (nSPS) is 19.4. The van der Waals surface area contributed by atoms with Gasteiger partial charge in [0.25, 0.3) is 0 Å². The summed E-state index contributed by atoms with van der Waals surface area (Å²) < 4.78 is 5.04. The van der Waals surface area contributed by atoms with Gasteiger partial charge >= 0.3 is 6.03 Å². The first-order valence-corrected chi connectivity index (χ1v) is 6.32. The van der Waals surface area contributed by atoms with E-state index in [0.717, 1.165) is 5.56 Å². The van der Waals surface area contributed by atoms with Crippen LogP contribution in [0, 0.1) is 5.92 Å². The van der Waals surface area contributed by atoms with Crippen LogP contribution in [0.1, 0.15) is 38.8 Å². The maximum Gasteiger partial charge on any atom is 0.319 e. The van der Waals surface area contributed by atoms with Gasteiger partial charge in [-0.15, -0.1) is 0 Å². The predicted octanol–water partition coefficient (Wildman–Crippen LogP) is 2.52. The van der Waals surface area contributed by atoms with Crippen LogP contribution in [0.2, 0.25) is 0 Å².